The minimum Gasteiger partial charge on any atom is -0.333 e. The SMILES string of the molecule is CN(C(=O)c1cnc(Cl)cn1)C1CCCc2ccccc21. The Hall–Kier alpha value is -1.94. The quantitative estimate of drug-likeness (QED) is 0.855. The molecule has 0 saturated carbocycles. The molecule has 5 heteroatoms. The summed E-state index contributed by atoms with van der Waals surface area (Å²) in [6.45, 7) is 0. The van der Waals surface area contributed by atoms with Crippen LogP contribution in [0.1, 0.15) is 40.5 Å². The van der Waals surface area contributed by atoms with Crippen LogP contribution in [0.4, 0.5) is 0 Å². The van der Waals surface area contributed by atoms with Gasteiger partial charge in [-0.15, -0.1) is 0 Å². The predicted molar refractivity (Wildman–Crippen MR) is 81.3 cm³/mol. The number of amides is 1. The number of nitrogens with zero attached hydrogens (tertiary/aromatic N) is 3. The molecule has 1 heterocycles. The third kappa shape index (κ3) is 2.76. The highest BCUT2D eigenvalue weighted by atomic mass is 35.5. The second-order valence-corrected chi connectivity index (χ2v) is 5.63. The van der Waals surface area contributed by atoms with Crippen LogP contribution < -0.4 is 0 Å². The van der Waals surface area contributed by atoms with Crippen molar-refractivity contribution in [3.63, 3.8) is 0 Å². The standard InChI is InChI=1S/C16H16ClN3O/c1-20(16(21)13-9-19-15(17)10-18-13)14-8-4-6-11-5-2-3-7-12(11)14/h2-3,5,7,9-10,14H,4,6,8H2,1H3. The summed E-state index contributed by atoms with van der Waals surface area (Å²) in [5.41, 5.74) is 2.89. The van der Waals surface area contributed by atoms with Crippen LogP contribution in [0.3, 0.4) is 0 Å². The highest BCUT2D eigenvalue weighted by Crippen LogP contribution is 2.33. The van der Waals surface area contributed by atoms with Gasteiger partial charge in [-0.2, -0.15) is 0 Å². The van der Waals surface area contributed by atoms with E-state index in [1.807, 2.05) is 19.2 Å². The second-order valence-electron chi connectivity index (χ2n) is 5.25. The molecule has 4 nitrogen and oxygen atoms in total. The Labute approximate surface area is 128 Å². The molecular formula is C16H16ClN3O. The Morgan fingerprint density at radius 2 is 2.10 bits per heavy atom. The summed E-state index contributed by atoms with van der Waals surface area (Å²) in [6, 6.07) is 8.42. The summed E-state index contributed by atoms with van der Waals surface area (Å²) in [4.78, 5) is 22.3. The van der Waals surface area contributed by atoms with Crippen molar-refractivity contribution in [1.29, 1.82) is 0 Å². The number of rotatable bonds is 2. The minimum absolute atomic E-state index is 0.0972. The zero-order valence-electron chi connectivity index (χ0n) is 11.8. The first-order valence-electron chi connectivity index (χ1n) is 6.99. The molecule has 1 aromatic carbocycles. The summed E-state index contributed by atoms with van der Waals surface area (Å²) in [5, 5.41) is 0.289. The van der Waals surface area contributed by atoms with Crippen molar-refractivity contribution in [2.75, 3.05) is 7.05 Å². The molecular weight excluding hydrogens is 286 g/mol. The van der Waals surface area contributed by atoms with Crippen LogP contribution >= 0.6 is 11.6 Å². The zero-order chi connectivity index (χ0) is 14.8. The number of hydrogen-bond acceptors (Lipinski definition) is 3. The van der Waals surface area contributed by atoms with Crippen LogP contribution in [0.2, 0.25) is 5.15 Å². The molecule has 1 aromatic heterocycles. The average Bonchev–Trinajstić information content (AvgIpc) is 2.53. The van der Waals surface area contributed by atoms with Crippen molar-refractivity contribution < 1.29 is 4.79 Å². The maximum absolute atomic E-state index is 12.5. The first kappa shape index (κ1) is 14.0. The number of carbonyl (C=O) groups is 1. The van der Waals surface area contributed by atoms with Crippen LogP contribution in [-0.4, -0.2) is 27.8 Å². The van der Waals surface area contributed by atoms with Gasteiger partial charge in [-0.05, 0) is 30.4 Å². The lowest BCUT2D eigenvalue weighted by Gasteiger charge is -2.33. The normalized spacial score (nSPS) is 17.1. The Kier molecular flexibility index (Phi) is 3.88. The van der Waals surface area contributed by atoms with Gasteiger partial charge < -0.3 is 4.90 Å². The number of fused-ring (bicyclic) bond motifs is 1. The smallest absolute Gasteiger partial charge is 0.274 e. The first-order valence-corrected chi connectivity index (χ1v) is 7.37. The Morgan fingerprint density at radius 1 is 1.29 bits per heavy atom. The van der Waals surface area contributed by atoms with E-state index in [9.17, 15) is 4.79 Å². The van der Waals surface area contributed by atoms with Gasteiger partial charge in [0, 0.05) is 7.05 Å². The number of hydrogen-bond donors (Lipinski definition) is 0. The van der Waals surface area contributed by atoms with Crippen LogP contribution in [0.25, 0.3) is 0 Å². The predicted octanol–water partition coefficient (Wildman–Crippen LogP) is 3.28. The monoisotopic (exact) mass is 301 g/mol. The Morgan fingerprint density at radius 3 is 2.86 bits per heavy atom. The largest absolute Gasteiger partial charge is 0.333 e. The van der Waals surface area contributed by atoms with Gasteiger partial charge in [0.05, 0.1) is 18.4 Å². The molecule has 1 unspecified atom stereocenters. The molecule has 0 N–H and O–H groups in total. The molecule has 1 atom stereocenters. The van der Waals surface area contributed by atoms with Crippen molar-refractivity contribution in [3.8, 4) is 0 Å². The topological polar surface area (TPSA) is 46.1 Å². The van der Waals surface area contributed by atoms with E-state index in [4.69, 9.17) is 11.6 Å². The number of halogens is 1. The Balaban J connectivity index is 1.87. The van der Waals surface area contributed by atoms with Gasteiger partial charge in [0.15, 0.2) is 0 Å². The third-order valence-corrected chi connectivity index (χ3v) is 4.16. The van der Waals surface area contributed by atoms with Gasteiger partial charge in [-0.1, -0.05) is 35.9 Å². The highest BCUT2D eigenvalue weighted by molar-refractivity contribution is 6.29. The van der Waals surface area contributed by atoms with E-state index in [0.29, 0.717) is 5.69 Å². The lowest BCUT2D eigenvalue weighted by molar-refractivity contribution is 0.0708. The molecule has 0 fully saturated rings. The summed E-state index contributed by atoms with van der Waals surface area (Å²) in [7, 11) is 1.82. The van der Waals surface area contributed by atoms with Gasteiger partial charge in [0.25, 0.3) is 5.91 Å². The zero-order valence-corrected chi connectivity index (χ0v) is 12.5. The summed E-state index contributed by atoms with van der Waals surface area (Å²) in [5.74, 6) is -0.124. The molecule has 2 aromatic rings. The number of carbonyl (C=O) groups excluding carboxylic acids is 1. The van der Waals surface area contributed by atoms with Crippen molar-refractivity contribution in [1.82, 2.24) is 14.9 Å². The van der Waals surface area contributed by atoms with Crippen LogP contribution in [0.5, 0.6) is 0 Å². The van der Waals surface area contributed by atoms with E-state index in [2.05, 4.69) is 22.1 Å². The molecule has 0 saturated heterocycles. The molecule has 0 aliphatic heterocycles. The average molecular weight is 302 g/mol. The molecule has 21 heavy (non-hydrogen) atoms. The molecule has 1 aliphatic carbocycles. The molecule has 0 bridgehead atoms. The van der Waals surface area contributed by atoms with Gasteiger partial charge in [-0.25, -0.2) is 9.97 Å². The summed E-state index contributed by atoms with van der Waals surface area (Å²) >= 11 is 5.71. The summed E-state index contributed by atoms with van der Waals surface area (Å²) in [6.07, 6.45) is 5.97. The minimum atomic E-state index is -0.124. The fraction of sp³-hybridized carbons (Fsp3) is 0.312. The number of aromatic nitrogens is 2. The number of aryl methyl sites for hydroxylation is 1. The lowest BCUT2D eigenvalue weighted by atomic mass is 9.87. The van der Waals surface area contributed by atoms with Crippen molar-refractivity contribution in [2.24, 2.45) is 0 Å². The fourth-order valence-electron chi connectivity index (χ4n) is 2.88. The van der Waals surface area contributed by atoms with E-state index >= 15 is 0 Å². The molecule has 108 valence electrons. The third-order valence-electron chi connectivity index (χ3n) is 3.97. The molecule has 3 rings (SSSR count). The van der Waals surface area contributed by atoms with E-state index in [1.54, 1.807) is 4.90 Å². The van der Waals surface area contributed by atoms with E-state index in [1.165, 1.54) is 23.5 Å². The van der Waals surface area contributed by atoms with Crippen molar-refractivity contribution in [2.45, 2.75) is 25.3 Å². The highest BCUT2D eigenvalue weighted by Gasteiger charge is 2.27. The van der Waals surface area contributed by atoms with Crippen molar-refractivity contribution >= 4 is 17.5 Å². The van der Waals surface area contributed by atoms with Gasteiger partial charge in [0.2, 0.25) is 0 Å². The van der Waals surface area contributed by atoms with Gasteiger partial charge in [0.1, 0.15) is 10.8 Å². The van der Waals surface area contributed by atoms with Gasteiger partial charge >= 0.3 is 0 Å². The van der Waals surface area contributed by atoms with Crippen LogP contribution in [0.15, 0.2) is 36.7 Å². The maximum atomic E-state index is 12.5. The van der Waals surface area contributed by atoms with Crippen LogP contribution in [-0.2, 0) is 6.42 Å². The van der Waals surface area contributed by atoms with E-state index in [0.717, 1.165) is 19.3 Å². The second kappa shape index (κ2) is 5.82. The lowest BCUT2D eigenvalue weighted by Crippen LogP contribution is -2.33. The number of benzene rings is 1. The van der Waals surface area contributed by atoms with Crippen molar-refractivity contribution in [3.05, 3.63) is 58.6 Å². The molecule has 1 amide bonds. The summed E-state index contributed by atoms with van der Waals surface area (Å²) < 4.78 is 0. The molecule has 0 spiro atoms. The van der Waals surface area contributed by atoms with E-state index < -0.39 is 0 Å². The van der Waals surface area contributed by atoms with Gasteiger partial charge in [-0.3, -0.25) is 4.79 Å². The van der Waals surface area contributed by atoms with Crippen LogP contribution in [0, 0.1) is 0 Å². The first-order chi connectivity index (χ1) is 10.2. The van der Waals surface area contributed by atoms with E-state index in [-0.39, 0.29) is 17.1 Å². The Bertz CT molecular complexity index is 657. The maximum Gasteiger partial charge on any atom is 0.274 e. The molecule has 1 aliphatic rings. The fourth-order valence-corrected chi connectivity index (χ4v) is 2.97. The molecule has 0 radical (unpaired) electrons.